The summed E-state index contributed by atoms with van der Waals surface area (Å²) in [5, 5.41) is 22.6. The minimum atomic E-state index is -0.325. The summed E-state index contributed by atoms with van der Waals surface area (Å²) in [6, 6.07) is 0. The molecular weight excluding hydrogens is 380 g/mol. The maximum absolute atomic E-state index is 11.3. The first-order valence-corrected chi connectivity index (χ1v) is 12.4. The summed E-state index contributed by atoms with van der Waals surface area (Å²) in [4.78, 5) is 0. The molecule has 172 valence electrons. The van der Waals surface area contributed by atoms with Gasteiger partial charge in [-0.05, 0) is 32.1 Å². The number of rotatable bonds is 2. The summed E-state index contributed by atoms with van der Waals surface area (Å²) in [7, 11) is 0. The fourth-order valence-electron chi connectivity index (χ4n) is 7.20. The molecule has 2 heteroatoms. The van der Waals surface area contributed by atoms with Gasteiger partial charge in [-0.15, -0.1) is 0 Å². The van der Waals surface area contributed by atoms with Crippen LogP contribution in [0.2, 0.25) is 0 Å². The lowest BCUT2D eigenvalue weighted by Crippen LogP contribution is -2.44. The predicted molar refractivity (Wildman–Crippen MR) is 130 cm³/mol. The summed E-state index contributed by atoms with van der Waals surface area (Å²) in [6.07, 6.45) is 13.3. The number of aliphatic hydroxyl groups excluding tert-OH is 2. The highest BCUT2D eigenvalue weighted by molar-refractivity contribution is 5.44. The van der Waals surface area contributed by atoms with Crippen LogP contribution in [0.4, 0.5) is 0 Å². The van der Waals surface area contributed by atoms with Crippen molar-refractivity contribution in [1.29, 1.82) is 0 Å². The molecule has 0 fully saturated rings. The third-order valence-corrected chi connectivity index (χ3v) is 8.99. The topological polar surface area (TPSA) is 40.5 Å². The summed E-state index contributed by atoms with van der Waals surface area (Å²) in [6.45, 7) is 18.5. The van der Waals surface area contributed by atoms with E-state index < -0.39 is 0 Å². The molecule has 4 aliphatic carbocycles. The van der Waals surface area contributed by atoms with Crippen molar-refractivity contribution in [1.82, 2.24) is 0 Å². The van der Waals surface area contributed by atoms with Gasteiger partial charge in [0.15, 0.2) is 0 Å². The normalized spacial score (nSPS) is 37.5. The highest BCUT2D eigenvalue weighted by Gasteiger charge is 2.48. The number of aliphatic hydroxyl groups is 2. The molecule has 0 amide bonds. The highest BCUT2D eigenvalue weighted by atomic mass is 16.3. The number of hydrogen-bond acceptors (Lipinski definition) is 2. The average Bonchev–Trinajstić information content (AvgIpc) is 2.65. The Balaban J connectivity index is 1.80. The van der Waals surface area contributed by atoms with Crippen LogP contribution < -0.4 is 0 Å². The first-order valence-electron chi connectivity index (χ1n) is 12.4. The van der Waals surface area contributed by atoms with Crippen molar-refractivity contribution in [2.24, 2.45) is 33.5 Å². The summed E-state index contributed by atoms with van der Waals surface area (Å²) < 4.78 is 0. The second kappa shape index (κ2) is 7.19. The van der Waals surface area contributed by atoms with Crippen molar-refractivity contribution < 1.29 is 10.2 Å². The summed E-state index contributed by atoms with van der Waals surface area (Å²) in [5.74, 6) is 0.221. The van der Waals surface area contributed by atoms with Gasteiger partial charge in [0.2, 0.25) is 0 Å². The van der Waals surface area contributed by atoms with Crippen molar-refractivity contribution in [2.45, 2.75) is 99.7 Å². The average molecular weight is 425 g/mol. The molecule has 2 nitrogen and oxygen atoms in total. The molecule has 4 aliphatic rings. The van der Waals surface area contributed by atoms with E-state index in [0.29, 0.717) is 0 Å². The third-order valence-electron chi connectivity index (χ3n) is 8.99. The van der Waals surface area contributed by atoms with E-state index in [1.807, 2.05) is 0 Å². The van der Waals surface area contributed by atoms with E-state index in [0.717, 1.165) is 32.1 Å². The molecule has 4 atom stereocenters. The maximum Gasteiger partial charge on any atom is 0.0609 e. The molecule has 0 aromatic heterocycles. The van der Waals surface area contributed by atoms with Gasteiger partial charge in [-0.3, -0.25) is 0 Å². The first kappa shape index (κ1) is 23.1. The molecule has 4 rings (SSSR count). The highest BCUT2D eigenvalue weighted by Crippen LogP contribution is 2.57. The van der Waals surface area contributed by atoms with Gasteiger partial charge in [0.1, 0.15) is 0 Å². The van der Waals surface area contributed by atoms with Crippen LogP contribution in [0.1, 0.15) is 87.5 Å². The van der Waals surface area contributed by atoms with Gasteiger partial charge in [0, 0.05) is 33.5 Å². The Morgan fingerprint density at radius 3 is 1.29 bits per heavy atom. The molecule has 0 aliphatic heterocycles. The molecule has 0 saturated carbocycles. The van der Waals surface area contributed by atoms with Crippen LogP contribution in [-0.2, 0) is 0 Å². The predicted octanol–water partition coefficient (Wildman–Crippen LogP) is 6.76. The lowest BCUT2D eigenvalue weighted by atomic mass is 9.55. The van der Waals surface area contributed by atoms with Crippen LogP contribution in [0.5, 0.6) is 0 Å². The van der Waals surface area contributed by atoms with E-state index in [9.17, 15) is 10.2 Å². The molecule has 0 bridgehead atoms. The first-order chi connectivity index (χ1) is 14.2. The zero-order valence-electron chi connectivity index (χ0n) is 21.0. The number of hydrogen-bond donors (Lipinski definition) is 2. The zero-order chi connectivity index (χ0) is 23.0. The van der Waals surface area contributed by atoms with Crippen LogP contribution in [0.3, 0.4) is 0 Å². The third kappa shape index (κ3) is 3.72. The lowest BCUT2D eigenvalue weighted by Gasteiger charge is -2.51. The van der Waals surface area contributed by atoms with Gasteiger partial charge in [-0.1, -0.05) is 102 Å². The quantitative estimate of drug-likeness (QED) is 0.481. The molecule has 2 N–H and O–H groups in total. The molecule has 0 radical (unpaired) electrons. The van der Waals surface area contributed by atoms with Crippen molar-refractivity contribution >= 4 is 0 Å². The Morgan fingerprint density at radius 1 is 0.613 bits per heavy atom. The Morgan fingerprint density at radius 2 is 0.935 bits per heavy atom. The Labute approximate surface area is 190 Å². The van der Waals surface area contributed by atoms with Gasteiger partial charge in [-0.25, -0.2) is 0 Å². The van der Waals surface area contributed by atoms with Crippen molar-refractivity contribution in [3.8, 4) is 0 Å². The minimum Gasteiger partial charge on any atom is -0.392 e. The van der Waals surface area contributed by atoms with Crippen LogP contribution in [0.15, 0.2) is 46.6 Å². The lowest BCUT2D eigenvalue weighted by molar-refractivity contribution is 0.0431. The van der Waals surface area contributed by atoms with E-state index >= 15 is 0 Å². The van der Waals surface area contributed by atoms with E-state index in [1.54, 1.807) is 0 Å². The SMILES string of the molecule is CC1(C)C=CC(C)(C)C2=C1CCC(O)C2CC1C2=C(CCC1O)C(C)(C)C=CC2(C)C. The summed E-state index contributed by atoms with van der Waals surface area (Å²) in [5.41, 5.74) is 5.95. The molecule has 0 aromatic rings. The molecule has 0 aromatic carbocycles. The van der Waals surface area contributed by atoms with E-state index in [-0.39, 0.29) is 45.7 Å². The van der Waals surface area contributed by atoms with E-state index in [4.69, 9.17) is 0 Å². The van der Waals surface area contributed by atoms with Gasteiger partial charge in [0.25, 0.3) is 0 Å². The monoisotopic (exact) mass is 424 g/mol. The van der Waals surface area contributed by atoms with Crippen molar-refractivity contribution in [3.05, 3.63) is 46.6 Å². The van der Waals surface area contributed by atoms with E-state index in [2.05, 4.69) is 79.7 Å². The Hall–Kier alpha value is -1.12. The van der Waals surface area contributed by atoms with Crippen LogP contribution >= 0.6 is 0 Å². The minimum absolute atomic E-state index is 0.0466. The molecule has 0 saturated heterocycles. The smallest absolute Gasteiger partial charge is 0.0609 e. The van der Waals surface area contributed by atoms with Crippen LogP contribution in [0, 0.1) is 33.5 Å². The standard InChI is InChI=1S/C29H44O2/c1-26(2)13-15-28(5,6)24-18(22(30)11-9-20(24)26)17-19-23(31)12-10-21-25(19)29(7,8)16-14-27(21,3)4/h13-16,18-19,22-23,30-31H,9-12,17H2,1-8H3. The fourth-order valence-corrected chi connectivity index (χ4v) is 7.20. The largest absolute Gasteiger partial charge is 0.392 e. The van der Waals surface area contributed by atoms with Crippen LogP contribution in [0.25, 0.3) is 0 Å². The molecular formula is C29H44O2. The maximum atomic E-state index is 11.3. The van der Waals surface area contributed by atoms with E-state index in [1.165, 1.54) is 22.3 Å². The second-order valence-corrected chi connectivity index (χ2v) is 13.0. The fraction of sp³-hybridized carbons (Fsp3) is 0.724. The van der Waals surface area contributed by atoms with Gasteiger partial charge < -0.3 is 10.2 Å². The summed E-state index contributed by atoms with van der Waals surface area (Å²) >= 11 is 0. The van der Waals surface area contributed by atoms with Gasteiger partial charge in [-0.2, -0.15) is 0 Å². The molecule has 0 heterocycles. The second-order valence-electron chi connectivity index (χ2n) is 13.0. The zero-order valence-corrected chi connectivity index (χ0v) is 21.0. The Kier molecular flexibility index (Phi) is 5.35. The van der Waals surface area contributed by atoms with Crippen molar-refractivity contribution in [2.75, 3.05) is 0 Å². The van der Waals surface area contributed by atoms with Crippen molar-refractivity contribution in [3.63, 3.8) is 0 Å². The van der Waals surface area contributed by atoms with Gasteiger partial charge in [0.05, 0.1) is 12.2 Å². The van der Waals surface area contributed by atoms with Gasteiger partial charge >= 0.3 is 0 Å². The molecule has 0 spiro atoms. The molecule has 4 unspecified atom stereocenters. The molecule has 31 heavy (non-hydrogen) atoms. The Bertz CT molecular complexity index is 802. The number of allylic oxidation sites excluding steroid dienone is 6. The van der Waals surface area contributed by atoms with Crippen LogP contribution in [-0.4, -0.2) is 22.4 Å².